The molecule has 1 N–H and O–H groups in total. The monoisotopic (exact) mass is 255 g/mol. The number of aromatic nitrogens is 1. The number of carbonyl (C=O) groups is 2. The molecule has 0 aromatic carbocycles. The van der Waals surface area contributed by atoms with Gasteiger partial charge in [0.25, 0.3) is 0 Å². The van der Waals surface area contributed by atoms with Crippen molar-refractivity contribution in [2.75, 3.05) is 5.75 Å². The van der Waals surface area contributed by atoms with E-state index in [1.54, 1.807) is 13.8 Å². The Balaban J connectivity index is 2.54. The number of carbonyl (C=O) groups excluding carboxylic acids is 1. The van der Waals surface area contributed by atoms with Gasteiger partial charge in [-0.3, -0.25) is 4.79 Å². The molecule has 1 aromatic rings. The molecule has 0 aliphatic heterocycles. The van der Waals surface area contributed by atoms with E-state index in [1.165, 1.54) is 18.3 Å². The van der Waals surface area contributed by atoms with Gasteiger partial charge in [-0.25, -0.2) is 9.78 Å². The highest BCUT2D eigenvalue weighted by Gasteiger charge is 2.09. The quantitative estimate of drug-likeness (QED) is 0.639. The molecule has 0 spiro atoms. The van der Waals surface area contributed by atoms with Crippen LogP contribution in [0.25, 0.3) is 0 Å². The van der Waals surface area contributed by atoms with Crippen molar-refractivity contribution in [3.8, 4) is 0 Å². The molecule has 0 saturated heterocycles. The molecule has 6 heteroatoms. The number of hydrogen-bond donors (Lipinski definition) is 1. The summed E-state index contributed by atoms with van der Waals surface area (Å²) in [6.45, 7) is 3.54. The van der Waals surface area contributed by atoms with E-state index in [2.05, 4.69) is 4.98 Å². The molecule has 1 rings (SSSR count). The van der Waals surface area contributed by atoms with Crippen LogP contribution < -0.4 is 0 Å². The molecule has 0 aliphatic rings. The van der Waals surface area contributed by atoms with Crippen LogP contribution in [0.1, 0.15) is 24.2 Å². The van der Waals surface area contributed by atoms with E-state index in [4.69, 9.17) is 9.84 Å². The molecule has 92 valence electrons. The summed E-state index contributed by atoms with van der Waals surface area (Å²) >= 11 is 1.15. The molecule has 5 nitrogen and oxygen atoms in total. The second kappa shape index (κ2) is 6.24. The molecular weight excluding hydrogens is 242 g/mol. The first kappa shape index (κ1) is 13.5. The summed E-state index contributed by atoms with van der Waals surface area (Å²) in [5, 5.41) is 9.27. The molecule has 0 atom stereocenters. The lowest BCUT2D eigenvalue weighted by Gasteiger charge is -2.07. The van der Waals surface area contributed by atoms with Crippen molar-refractivity contribution in [2.45, 2.75) is 25.0 Å². The molecule has 0 fully saturated rings. The van der Waals surface area contributed by atoms with Crippen molar-refractivity contribution in [2.24, 2.45) is 0 Å². The predicted molar refractivity (Wildman–Crippen MR) is 63.1 cm³/mol. The highest BCUT2D eigenvalue weighted by Crippen LogP contribution is 2.16. The largest absolute Gasteiger partial charge is 0.478 e. The van der Waals surface area contributed by atoms with Crippen LogP contribution in [0, 0.1) is 0 Å². The predicted octanol–water partition coefficient (Wildman–Crippen LogP) is 1.82. The van der Waals surface area contributed by atoms with Crippen molar-refractivity contribution in [1.29, 1.82) is 0 Å². The van der Waals surface area contributed by atoms with Crippen LogP contribution in [-0.2, 0) is 9.53 Å². The number of esters is 1. The van der Waals surface area contributed by atoms with Gasteiger partial charge in [-0.15, -0.1) is 0 Å². The summed E-state index contributed by atoms with van der Waals surface area (Å²) in [4.78, 5) is 25.9. The molecule has 0 aliphatic carbocycles. The van der Waals surface area contributed by atoms with Crippen molar-refractivity contribution in [1.82, 2.24) is 4.98 Å². The summed E-state index contributed by atoms with van der Waals surface area (Å²) in [5.74, 6) is -1.24. The van der Waals surface area contributed by atoms with E-state index >= 15 is 0 Å². The number of hydrogen-bond acceptors (Lipinski definition) is 5. The van der Waals surface area contributed by atoms with Gasteiger partial charge in [-0.05, 0) is 26.0 Å². The van der Waals surface area contributed by atoms with Gasteiger partial charge in [0.1, 0.15) is 0 Å². The fourth-order valence-electron chi connectivity index (χ4n) is 1.05. The second-order valence-electron chi connectivity index (χ2n) is 3.52. The zero-order chi connectivity index (χ0) is 12.8. The van der Waals surface area contributed by atoms with Gasteiger partial charge in [0.15, 0.2) is 0 Å². The molecule has 0 saturated carbocycles. The minimum Gasteiger partial charge on any atom is -0.478 e. The zero-order valence-corrected chi connectivity index (χ0v) is 10.4. The lowest BCUT2D eigenvalue weighted by Crippen LogP contribution is -2.13. The smallest absolute Gasteiger partial charge is 0.335 e. The fraction of sp³-hybridized carbons (Fsp3) is 0.364. The maximum Gasteiger partial charge on any atom is 0.335 e. The number of carboxylic acid groups (broad SMARTS) is 1. The highest BCUT2D eigenvalue weighted by molar-refractivity contribution is 7.99. The summed E-state index contributed by atoms with van der Waals surface area (Å²) in [6.07, 6.45) is 1.25. The average molecular weight is 255 g/mol. The Morgan fingerprint density at radius 3 is 2.82 bits per heavy atom. The van der Waals surface area contributed by atoms with E-state index < -0.39 is 5.97 Å². The highest BCUT2D eigenvalue weighted by atomic mass is 32.2. The maximum atomic E-state index is 11.3. The Morgan fingerprint density at radius 2 is 2.24 bits per heavy atom. The lowest BCUT2D eigenvalue weighted by molar-refractivity contribution is -0.144. The number of carboxylic acids is 1. The number of rotatable bonds is 5. The second-order valence-corrected chi connectivity index (χ2v) is 4.51. The van der Waals surface area contributed by atoms with Gasteiger partial charge in [0.05, 0.1) is 22.4 Å². The molecule has 0 bridgehead atoms. The Kier molecular flexibility index (Phi) is 4.96. The number of aromatic carboxylic acids is 1. The Bertz CT molecular complexity index is 420. The zero-order valence-electron chi connectivity index (χ0n) is 9.54. The number of pyridine rings is 1. The van der Waals surface area contributed by atoms with E-state index in [9.17, 15) is 9.59 Å². The molecule has 1 aromatic heterocycles. The van der Waals surface area contributed by atoms with Crippen molar-refractivity contribution in [3.05, 3.63) is 23.9 Å². The number of thioether (sulfide) groups is 1. The third kappa shape index (κ3) is 4.86. The third-order valence-corrected chi connectivity index (χ3v) is 2.59. The first-order valence-electron chi connectivity index (χ1n) is 5.00. The minimum atomic E-state index is -1.01. The molecular formula is C11H13NO4S. The van der Waals surface area contributed by atoms with Crippen molar-refractivity contribution >= 4 is 23.7 Å². The molecule has 0 radical (unpaired) electrons. The lowest BCUT2D eigenvalue weighted by atomic mass is 10.3. The molecule has 1 heterocycles. The van der Waals surface area contributed by atoms with Gasteiger partial charge >= 0.3 is 11.9 Å². The van der Waals surface area contributed by atoms with Crippen LogP contribution >= 0.6 is 11.8 Å². The standard InChI is InChI=1S/C11H13NO4S/c1-7(2)16-10(13)6-17-9-5-8(11(14)15)3-4-12-9/h3-5,7H,6H2,1-2H3,(H,14,15). The van der Waals surface area contributed by atoms with E-state index in [-0.39, 0.29) is 23.4 Å². The van der Waals surface area contributed by atoms with Crippen LogP contribution in [0.3, 0.4) is 0 Å². The van der Waals surface area contributed by atoms with E-state index in [0.29, 0.717) is 5.03 Å². The Labute approximate surface area is 103 Å². The van der Waals surface area contributed by atoms with Gasteiger partial charge in [0.2, 0.25) is 0 Å². The normalized spacial score (nSPS) is 10.3. The Morgan fingerprint density at radius 1 is 1.53 bits per heavy atom. The van der Waals surface area contributed by atoms with Crippen LogP contribution in [0.2, 0.25) is 0 Å². The number of ether oxygens (including phenoxy) is 1. The van der Waals surface area contributed by atoms with Gasteiger partial charge < -0.3 is 9.84 Å². The average Bonchev–Trinajstić information content (AvgIpc) is 2.26. The summed E-state index contributed by atoms with van der Waals surface area (Å²) < 4.78 is 4.95. The first-order valence-corrected chi connectivity index (χ1v) is 5.99. The van der Waals surface area contributed by atoms with Crippen LogP contribution in [0.5, 0.6) is 0 Å². The van der Waals surface area contributed by atoms with Crippen molar-refractivity contribution in [3.63, 3.8) is 0 Å². The topological polar surface area (TPSA) is 76.5 Å². The van der Waals surface area contributed by atoms with Crippen LogP contribution in [0.4, 0.5) is 0 Å². The molecule has 0 amide bonds. The van der Waals surface area contributed by atoms with Crippen LogP contribution in [0.15, 0.2) is 23.4 Å². The van der Waals surface area contributed by atoms with Gasteiger partial charge in [0, 0.05) is 6.20 Å². The van der Waals surface area contributed by atoms with E-state index in [0.717, 1.165) is 11.8 Å². The Hall–Kier alpha value is -1.56. The first-order chi connectivity index (χ1) is 7.99. The van der Waals surface area contributed by atoms with Gasteiger partial charge in [-0.2, -0.15) is 0 Å². The van der Waals surface area contributed by atoms with E-state index in [1.807, 2.05) is 0 Å². The minimum absolute atomic E-state index is 0.119. The SMILES string of the molecule is CC(C)OC(=O)CSc1cc(C(=O)O)ccn1. The summed E-state index contributed by atoms with van der Waals surface area (Å²) in [7, 11) is 0. The third-order valence-electron chi connectivity index (χ3n) is 1.69. The maximum absolute atomic E-state index is 11.3. The molecule has 17 heavy (non-hydrogen) atoms. The fourth-order valence-corrected chi connectivity index (χ4v) is 1.73. The number of nitrogens with zero attached hydrogens (tertiary/aromatic N) is 1. The molecule has 0 unspecified atom stereocenters. The van der Waals surface area contributed by atoms with Crippen molar-refractivity contribution < 1.29 is 19.4 Å². The summed E-state index contributed by atoms with van der Waals surface area (Å²) in [5.41, 5.74) is 0.153. The van der Waals surface area contributed by atoms with Crippen LogP contribution in [-0.4, -0.2) is 33.9 Å². The summed E-state index contributed by atoms with van der Waals surface area (Å²) in [6, 6.07) is 2.83. The van der Waals surface area contributed by atoms with Gasteiger partial charge in [-0.1, -0.05) is 11.8 Å².